The molecule has 1 saturated carbocycles. The molecular formula is C21H33N5O2S. The molecule has 0 spiro atoms. The van der Waals surface area contributed by atoms with Crippen LogP contribution in [0.5, 0.6) is 0 Å². The van der Waals surface area contributed by atoms with Crippen LogP contribution in [0.4, 0.5) is 6.01 Å². The van der Waals surface area contributed by atoms with Gasteiger partial charge in [0.2, 0.25) is 0 Å². The number of anilines is 1. The maximum absolute atomic E-state index is 9.94. The first-order valence-electron chi connectivity index (χ1n) is 10.4. The molecule has 1 aromatic carbocycles. The van der Waals surface area contributed by atoms with Crippen LogP contribution < -0.4 is 10.7 Å². The van der Waals surface area contributed by atoms with E-state index >= 15 is 0 Å². The average molecular weight is 420 g/mol. The Hall–Kier alpha value is -1.61. The summed E-state index contributed by atoms with van der Waals surface area (Å²) in [6, 6.07) is 11.1. The number of hydrogen-bond donors (Lipinski definition) is 3. The van der Waals surface area contributed by atoms with Gasteiger partial charge in [0.15, 0.2) is 5.82 Å². The molecule has 0 amide bonds. The monoisotopic (exact) mass is 419 g/mol. The van der Waals surface area contributed by atoms with E-state index in [2.05, 4.69) is 60.7 Å². The third kappa shape index (κ3) is 6.99. The Morgan fingerprint density at radius 2 is 1.90 bits per heavy atom. The summed E-state index contributed by atoms with van der Waals surface area (Å²) >= 11 is 1.39. The molecule has 29 heavy (non-hydrogen) atoms. The molecule has 7 nitrogen and oxygen atoms in total. The number of hydrazine groups is 1. The molecule has 1 unspecified atom stereocenters. The van der Waals surface area contributed by atoms with Gasteiger partial charge in [0.1, 0.15) is 0 Å². The lowest BCUT2D eigenvalue weighted by atomic mass is 9.86. The summed E-state index contributed by atoms with van der Waals surface area (Å²) in [7, 11) is 0. The fourth-order valence-corrected chi connectivity index (χ4v) is 4.20. The van der Waals surface area contributed by atoms with E-state index in [0.29, 0.717) is 23.8 Å². The average Bonchev–Trinajstić information content (AvgIpc) is 3.15. The van der Waals surface area contributed by atoms with Crippen molar-refractivity contribution in [2.24, 2.45) is 5.92 Å². The van der Waals surface area contributed by atoms with Gasteiger partial charge in [-0.1, -0.05) is 47.0 Å². The predicted octanol–water partition coefficient (Wildman–Crippen LogP) is 4.83. The van der Waals surface area contributed by atoms with E-state index in [0.717, 1.165) is 36.8 Å². The second kappa shape index (κ2) is 9.93. The van der Waals surface area contributed by atoms with Crippen LogP contribution in [-0.2, 0) is 0 Å². The van der Waals surface area contributed by atoms with Gasteiger partial charge >= 0.3 is 6.01 Å². The lowest BCUT2D eigenvalue weighted by molar-refractivity contribution is -0.0382. The number of hydrogen-bond acceptors (Lipinski definition) is 8. The maximum atomic E-state index is 9.94. The number of nitrogens with zero attached hydrogens (tertiary/aromatic N) is 3. The molecule has 0 radical (unpaired) electrons. The largest absolute Gasteiger partial charge is 0.335 e. The van der Waals surface area contributed by atoms with Gasteiger partial charge in [-0.25, -0.2) is 5.43 Å². The van der Waals surface area contributed by atoms with Crippen LogP contribution in [-0.4, -0.2) is 37.3 Å². The molecule has 2 aromatic rings. The molecule has 1 aliphatic rings. The van der Waals surface area contributed by atoms with E-state index in [1.807, 2.05) is 18.2 Å². The highest BCUT2D eigenvalue weighted by Gasteiger charge is 2.24. The standard InChI is InChI=1S/C21H33N5O2S/c1-15(17-8-6-5-7-9-17)19-24-20(28-25-19)23-18-12-10-16(11-13-18)14-22-26(27)29-21(2,3)4/h5-9,15-16,18,22,27H,10-14H2,1-4H3,(H,23,24,25). The zero-order chi connectivity index (χ0) is 20.9. The highest BCUT2D eigenvalue weighted by Crippen LogP contribution is 2.28. The van der Waals surface area contributed by atoms with E-state index < -0.39 is 0 Å². The van der Waals surface area contributed by atoms with E-state index in [9.17, 15) is 5.21 Å². The van der Waals surface area contributed by atoms with Crippen molar-refractivity contribution in [1.82, 2.24) is 20.1 Å². The van der Waals surface area contributed by atoms with Gasteiger partial charge in [0.05, 0.1) is 0 Å². The van der Waals surface area contributed by atoms with E-state index in [1.165, 1.54) is 17.5 Å². The Morgan fingerprint density at radius 1 is 1.21 bits per heavy atom. The fourth-order valence-electron chi connectivity index (χ4n) is 3.54. The summed E-state index contributed by atoms with van der Waals surface area (Å²) in [6.45, 7) is 9.09. The van der Waals surface area contributed by atoms with Crippen LogP contribution in [0.3, 0.4) is 0 Å². The van der Waals surface area contributed by atoms with Gasteiger partial charge in [0, 0.05) is 23.3 Å². The van der Waals surface area contributed by atoms with Crippen molar-refractivity contribution in [3.8, 4) is 0 Å². The molecule has 0 bridgehead atoms. The van der Waals surface area contributed by atoms with Gasteiger partial charge in [-0.3, -0.25) is 5.21 Å². The van der Waals surface area contributed by atoms with Crippen LogP contribution in [0.2, 0.25) is 0 Å². The normalized spacial score (nSPS) is 21.3. The van der Waals surface area contributed by atoms with Crippen molar-refractivity contribution < 1.29 is 9.73 Å². The molecule has 1 aromatic heterocycles. The minimum Gasteiger partial charge on any atom is -0.335 e. The molecule has 3 N–H and O–H groups in total. The Bertz CT molecular complexity index is 741. The third-order valence-corrected chi connectivity index (χ3v) is 6.03. The molecule has 8 heteroatoms. The summed E-state index contributed by atoms with van der Waals surface area (Å²) in [5, 5.41) is 17.5. The molecule has 1 aliphatic carbocycles. The lowest BCUT2D eigenvalue weighted by Gasteiger charge is -2.30. The Labute approximate surface area is 177 Å². The van der Waals surface area contributed by atoms with Crippen LogP contribution in [0.15, 0.2) is 34.9 Å². The first-order valence-corrected chi connectivity index (χ1v) is 11.1. The van der Waals surface area contributed by atoms with Crippen LogP contribution in [0.25, 0.3) is 0 Å². The van der Waals surface area contributed by atoms with E-state index in [4.69, 9.17) is 4.52 Å². The maximum Gasteiger partial charge on any atom is 0.321 e. The Kier molecular flexibility index (Phi) is 7.56. The molecule has 160 valence electrons. The summed E-state index contributed by atoms with van der Waals surface area (Å²) in [4.78, 5) is 4.55. The highest BCUT2D eigenvalue weighted by molar-refractivity contribution is 7.98. The summed E-state index contributed by atoms with van der Waals surface area (Å²) < 4.78 is 6.56. The van der Waals surface area contributed by atoms with Crippen LogP contribution >= 0.6 is 11.9 Å². The minimum atomic E-state index is -0.0235. The van der Waals surface area contributed by atoms with Gasteiger partial charge in [0.25, 0.3) is 0 Å². The smallest absolute Gasteiger partial charge is 0.321 e. The molecule has 0 saturated heterocycles. The van der Waals surface area contributed by atoms with Crippen molar-refractivity contribution in [1.29, 1.82) is 0 Å². The van der Waals surface area contributed by atoms with Gasteiger partial charge in [-0.05, 0) is 69.9 Å². The van der Waals surface area contributed by atoms with Crippen molar-refractivity contribution >= 4 is 18.0 Å². The summed E-state index contributed by atoms with van der Waals surface area (Å²) in [6.07, 6.45) is 4.30. The second-order valence-corrected chi connectivity index (χ2v) is 10.5. The van der Waals surface area contributed by atoms with Gasteiger partial charge in [-0.15, -0.1) is 0 Å². The SMILES string of the molecule is CC(c1ccccc1)c1noc(NC2CCC(CNN(O)SC(C)(C)C)CC2)n1. The Balaban J connectivity index is 1.41. The van der Waals surface area contributed by atoms with E-state index in [-0.39, 0.29) is 10.7 Å². The molecule has 1 heterocycles. The first kappa shape index (κ1) is 22.1. The van der Waals surface area contributed by atoms with E-state index in [1.54, 1.807) is 0 Å². The van der Waals surface area contributed by atoms with Crippen molar-refractivity contribution in [3.05, 3.63) is 41.7 Å². The molecule has 1 atom stereocenters. The number of rotatable bonds is 8. The molecule has 3 rings (SSSR count). The number of aromatic nitrogens is 2. The van der Waals surface area contributed by atoms with Gasteiger partial charge in [-0.2, -0.15) is 4.98 Å². The first-order chi connectivity index (χ1) is 13.8. The topological polar surface area (TPSA) is 86.5 Å². The zero-order valence-electron chi connectivity index (χ0n) is 17.8. The quantitative estimate of drug-likeness (QED) is 0.414. The molecule has 1 fully saturated rings. The van der Waals surface area contributed by atoms with Crippen LogP contribution in [0.1, 0.15) is 70.7 Å². The van der Waals surface area contributed by atoms with Crippen LogP contribution in [0, 0.1) is 5.92 Å². The third-order valence-electron chi connectivity index (χ3n) is 5.18. The lowest BCUT2D eigenvalue weighted by Crippen LogP contribution is -2.38. The van der Waals surface area contributed by atoms with Crippen molar-refractivity contribution in [2.45, 2.75) is 70.1 Å². The van der Waals surface area contributed by atoms with Crippen molar-refractivity contribution in [3.63, 3.8) is 0 Å². The summed E-state index contributed by atoms with van der Waals surface area (Å²) in [5.41, 5.74) is 4.27. The number of nitrogens with one attached hydrogen (secondary N) is 2. The summed E-state index contributed by atoms with van der Waals surface area (Å²) in [5.74, 6) is 1.36. The molecule has 0 aliphatic heterocycles. The van der Waals surface area contributed by atoms with Gasteiger partial charge < -0.3 is 9.84 Å². The van der Waals surface area contributed by atoms with Crippen molar-refractivity contribution in [2.75, 3.05) is 11.9 Å². The second-order valence-electron chi connectivity index (χ2n) is 8.79. The minimum absolute atomic E-state index is 0.0235. The zero-order valence-corrected chi connectivity index (χ0v) is 18.6. The highest BCUT2D eigenvalue weighted by atomic mass is 32.2. The predicted molar refractivity (Wildman–Crippen MR) is 117 cm³/mol. The fraction of sp³-hybridized carbons (Fsp3) is 0.619. The number of benzene rings is 1. The Morgan fingerprint density at radius 3 is 2.55 bits per heavy atom. The molecular weight excluding hydrogens is 386 g/mol.